The molecule has 1 saturated carbocycles. The van der Waals surface area contributed by atoms with E-state index in [1.54, 1.807) is 0 Å². The van der Waals surface area contributed by atoms with E-state index in [0.29, 0.717) is 6.54 Å². The second-order valence-corrected chi connectivity index (χ2v) is 5.52. The van der Waals surface area contributed by atoms with E-state index in [-0.39, 0.29) is 17.4 Å². The molecule has 1 unspecified atom stereocenters. The fraction of sp³-hybridized carbons (Fsp3) is 0.500. The van der Waals surface area contributed by atoms with E-state index in [1.807, 2.05) is 35.7 Å². The number of hydrogen-bond acceptors (Lipinski definition) is 4. The summed E-state index contributed by atoms with van der Waals surface area (Å²) in [5.74, 6) is 0.770. The minimum absolute atomic E-state index is 0.0337. The number of carbonyl (C=O) groups excluding carboxylic acids is 1. The van der Waals surface area contributed by atoms with E-state index in [4.69, 9.17) is 5.73 Å². The molecule has 6 nitrogen and oxygen atoms in total. The molecular weight excluding hydrogens is 254 g/mol. The van der Waals surface area contributed by atoms with Gasteiger partial charge in [-0.15, -0.1) is 10.2 Å². The largest absolute Gasteiger partial charge is 0.346 e. The molecule has 0 aromatic carbocycles. The summed E-state index contributed by atoms with van der Waals surface area (Å²) >= 11 is 0. The zero-order chi connectivity index (χ0) is 14.2. The number of aromatic nitrogens is 3. The smallest absolute Gasteiger partial charge is 0.228 e. The first-order chi connectivity index (χ1) is 9.66. The molecule has 1 atom stereocenters. The Morgan fingerprint density at radius 3 is 2.95 bits per heavy atom. The monoisotopic (exact) mass is 273 g/mol. The summed E-state index contributed by atoms with van der Waals surface area (Å²) in [5, 5.41) is 11.3. The predicted octanol–water partition coefficient (Wildman–Crippen LogP) is 1.04. The Kier molecular flexibility index (Phi) is 3.17. The van der Waals surface area contributed by atoms with Crippen LogP contribution in [0.1, 0.15) is 38.1 Å². The number of hydrogen-bond donors (Lipinski definition) is 2. The molecule has 6 heteroatoms. The van der Waals surface area contributed by atoms with Crippen LogP contribution in [0.5, 0.6) is 0 Å². The van der Waals surface area contributed by atoms with Crippen LogP contribution in [0.2, 0.25) is 0 Å². The molecule has 3 N–H and O–H groups in total. The van der Waals surface area contributed by atoms with Gasteiger partial charge in [0.25, 0.3) is 0 Å². The van der Waals surface area contributed by atoms with E-state index in [9.17, 15) is 4.79 Å². The predicted molar refractivity (Wildman–Crippen MR) is 74.9 cm³/mol. The van der Waals surface area contributed by atoms with Crippen LogP contribution in [0.15, 0.2) is 24.4 Å². The molecule has 1 aliphatic carbocycles. The lowest BCUT2D eigenvalue weighted by atomic mass is 9.68. The van der Waals surface area contributed by atoms with Crippen LogP contribution in [0.4, 0.5) is 0 Å². The Balaban J connectivity index is 1.79. The lowest BCUT2D eigenvalue weighted by Gasteiger charge is -2.39. The van der Waals surface area contributed by atoms with Crippen LogP contribution in [-0.2, 0) is 4.79 Å². The van der Waals surface area contributed by atoms with Crippen molar-refractivity contribution in [2.45, 2.75) is 32.2 Å². The molecule has 2 heterocycles. The third-order valence-electron chi connectivity index (χ3n) is 4.26. The maximum Gasteiger partial charge on any atom is 0.228 e. The minimum atomic E-state index is -0.366. The van der Waals surface area contributed by atoms with Crippen molar-refractivity contribution < 1.29 is 4.79 Å². The summed E-state index contributed by atoms with van der Waals surface area (Å²) in [6.07, 6.45) is 4.73. The fourth-order valence-electron chi connectivity index (χ4n) is 2.70. The van der Waals surface area contributed by atoms with Gasteiger partial charge in [0.15, 0.2) is 11.5 Å². The highest BCUT2D eigenvalue weighted by Gasteiger charge is 2.43. The lowest BCUT2D eigenvalue weighted by Crippen LogP contribution is -2.50. The summed E-state index contributed by atoms with van der Waals surface area (Å²) in [5.41, 5.74) is 6.17. The quantitative estimate of drug-likeness (QED) is 0.871. The van der Waals surface area contributed by atoms with E-state index in [0.717, 1.165) is 30.7 Å². The number of amides is 1. The van der Waals surface area contributed by atoms with Crippen molar-refractivity contribution in [2.75, 3.05) is 6.54 Å². The Hall–Kier alpha value is -1.95. The summed E-state index contributed by atoms with van der Waals surface area (Å²) in [4.78, 5) is 12.4. The molecule has 1 aliphatic rings. The number of pyridine rings is 1. The lowest BCUT2D eigenvalue weighted by molar-refractivity contribution is -0.135. The van der Waals surface area contributed by atoms with Gasteiger partial charge in [0.1, 0.15) is 0 Å². The van der Waals surface area contributed by atoms with E-state index in [2.05, 4.69) is 15.5 Å². The van der Waals surface area contributed by atoms with E-state index >= 15 is 0 Å². The maximum absolute atomic E-state index is 12.4. The van der Waals surface area contributed by atoms with Crippen molar-refractivity contribution in [3.05, 3.63) is 30.2 Å². The molecule has 0 aliphatic heterocycles. The van der Waals surface area contributed by atoms with Gasteiger partial charge in [-0.05, 0) is 31.9 Å². The van der Waals surface area contributed by atoms with Gasteiger partial charge >= 0.3 is 0 Å². The Morgan fingerprint density at radius 2 is 2.30 bits per heavy atom. The average Bonchev–Trinajstić information content (AvgIpc) is 2.81. The number of carbonyl (C=O) groups is 1. The molecule has 1 amide bonds. The van der Waals surface area contributed by atoms with Gasteiger partial charge in [0.2, 0.25) is 5.91 Å². The molecule has 0 spiro atoms. The highest BCUT2D eigenvalue weighted by Crippen LogP contribution is 2.40. The zero-order valence-electron chi connectivity index (χ0n) is 11.5. The Bertz CT molecular complexity index is 626. The molecule has 2 aromatic heterocycles. The molecule has 20 heavy (non-hydrogen) atoms. The van der Waals surface area contributed by atoms with E-state index < -0.39 is 0 Å². The number of rotatable bonds is 4. The van der Waals surface area contributed by atoms with Crippen LogP contribution >= 0.6 is 0 Å². The van der Waals surface area contributed by atoms with Crippen molar-refractivity contribution >= 4 is 11.6 Å². The SMILES string of the molecule is CC(NC(=O)C1(CN)CCC1)c1nnc2ccccn12. The number of nitrogens with one attached hydrogen (secondary N) is 1. The van der Waals surface area contributed by atoms with Gasteiger partial charge in [-0.2, -0.15) is 0 Å². The standard InChI is InChI=1S/C14H19N5O/c1-10(16-13(20)14(9-15)6-4-7-14)12-18-17-11-5-2-3-8-19(11)12/h2-3,5,8,10H,4,6-7,9,15H2,1H3,(H,16,20). The van der Waals surface area contributed by atoms with Crippen LogP contribution in [0.3, 0.4) is 0 Å². The van der Waals surface area contributed by atoms with Crippen molar-refractivity contribution in [2.24, 2.45) is 11.1 Å². The number of fused-ring (bicyclic) bond motifs is 1. The normalized spacial score (nSPS) is 18.5. The highest BCUT2D eigenvalue weighted by atomic mass is 16.2. The first-order valence-corrected chi connectivity index (χ1v) is 6.97. The average molecular weight is 273 g/mol. The van der Waals surface area contributed by atoms with Crippen LogP contribution in [0.25, 0.3) is 5.65 Å². The molecule has 106 valence electrons. The number of nitrogens with two attached hydrogens (primary N) is 1. The Morgan fingerprint density at radius 1 is 1.50 bits per heavy atom. The fourth-order valence-corrected chi connectivity index (χ4v) is 2.70. The second-order valence-electron chi connectivity index (χ2n) is 5.52. The molecule has 1 fully saturated rings. The zero-order valence-corrected chi connectivity index (χ0v) is 11.5. The third-order valence-corrected chi connectivity index (χ3v) is 4.26. The molecule has 0 radical (unpaired) electrons. The second kappa shape index (κ2) is 4.86. The summed E-state index contributed by atoms with van der Waals surface area (Å²) in [6.45, 7) is 2.33. The molecular formula is C14H19N5O. The van der Waals surface area contributed by atoms with Crippen LogP contribution in [-0.4, -0.2) is 27.0 Å². The highest BCUT2D eigenvalue weighted by molar-refractivity contribution is 5.84. The van der Waals surface area contributed by atoms with Crippen LogP contribution < -0.4 is 11.1 Å². The van der Waals surface area contributed by atoms with Crippen LogP contribution in [0, 0.1) is 5.41 Å². The Labute approximate surface area is 117 Å². The maximum atomic E-state index is 12.4. The van der Waals surface area contributed by atoms with Crippen molar-refractivity contribution in [1.82, 2.24) is 19.9 Å². The molecule has 3 rings (SSSR count). The first kappa shape index (κ1) is 13.1. The number of nitrogens with zero attached hydrogens (tertiary/aromatic N) is 3. The van der Waals surface area contributed by atoms with Gasteiger partial charge in [0.05, 0.1) is 11.5 Å². The van der Waals surface area contributed by atoms with Crippen molar-refractivity contribution in [3.63, 3.8) is 0 Å². The topological polar surface area (TPSA) is 85.3 Å². The van der Waals surface area contributed by atoms with Gasteiger partial charge < -0.3 is 11.1 Å². The summed E-state index contributed by atoms with van der Waals surface area (Å²) in [6, 6.07) is 5.53. The molecule has 0 saturated heterocycles. The summed E-state index contributed by atoms with van der Waals surface area (Å²) in [7, 11) is 0. The van der Waals surface area contributed by atoms with Crippen molar-refractivity contribution in [3.8, 4) is 0 Å². The first-order valence-electron chi connectivity index (χ1n) is 6.97. The minimum Gasteiger partial charge on any atom is -0.346 e. The summed E-state index contributed by atoms with van der Waals surface area (Å²) < 4.78 is 1.89. The van der Waals surface area contributed by atoms with Gasteiger partial charge in [-0.1, -0.05) is 12.5 Å². The molecule has 0 bridgehead atoms. The van der Waals surface area contributed by atoms with Crippen molar-refractivity contribution in [1.29, 1.82) is 0 Å². The van der Waals surface area contributed by atoms with Gasteiger partial charge in [-0.3, -0.25) is 9.20 Å². The molecule has 2 aromatic rings. The van der Waals surface area contributed by atoms with E-state index in [1.165, 1.54) is 0 Å². The third kappa shape index (κ3) is 1.96. The van der Waals surface area contributed by atoms with Gasteiger partial charge in [0, 0.05) is 12.7 Å². The van der Waals surface area contributed by atoms with Gasteiger partial charge in [-0.25, -0.2) is 0 Å².